The van der Waals surface area contributed by atoms with Crippen LogP contribution < -0.4 is 4.74 Å². The Morgan fingerprint density at radius 1 is 1.09 bits per heavy atom. The summed E-state index contributed by atoms with van der Waals surface area (Å²) in [6, 6.07) is 14.7. The molecule has 184 valence electrons. The SMILES string of the molecule is CCc1ccc(-c2oc(C3(C(=O)O)CCN(C(=O)N(C)O)CC3)nc2-c2ccc(OC)cc2)cc1. The van der Waals surface area contributed by atoms with Crippen molar-refractivity contribution in [1.82, 2.24) is 14.9 Å². The molecular formula is C26H29N3O6. The second-order valence-corrected chi connectivity index (χ2v) is 8.66. The number of likely N-dealkylation sites (tertiary alicyclic amines) is 1. The molecule has 1 aliphatic heterocycles. The number of aliphatic carboxylic acids is 1. The maximum Gasteiger partial charge on any atom is 0.343 e. The number of oxazole rings is 1. The number of hydrogen-bond acceptors (Lipinski definition) is 6. The molecule has 0 saturated carbocycles. The molecule has 2 aromatic carbocycles. The van der Waals surface area contributed by atoms with Crippen molar-refractivity contribution in [3.63, 3.8) is 0 Å². The van der Waals surface area contributed by atoms with Crippen LogP contribution in [0.1, 0.15) is 31.2 Å². The Morgan fingerprint density at radius 2 is 1.69 bits per heavy atom. The fourth-order valence-corrected chi connectivity index (χ4v) is 4.36. The zero-order valence-electron chi connectivity index (χ0n) is 20.0. The van der Waals surface area contributed by atoms with Crippen molar-refractivity contribution in [3.05, 3.63) is 60.0 Å². The molecular weight excluding hydrogens is 450 g/mol. The molecule has 3 aromatic rings. The topological polar surface area (TPSA) is 116 Å². The van der Waals surface area contributed by atoms with Crippen molar-refractivity contribution < 1.29 is 29.1 Å². The normalized spacial score (nSPS) is 15.0. The third-order valence-electron chi connectivity index (χ3n) is 6.60. The van der Waals surface area contributed by atoms with Gasteiger partial charge in [0, 0.05) is 31.3 Å². The van der Waals surface area contributed by atoms with E-state index in [-0.39, 0.29) is 31.8 Å². The highest BCUT2D eigenvalue weighted by atomic mass is 16.5. The molecule has 0 bridgehead atoms. The highest BCUT2D eigenvalue weighted by Crippen LogP contribution is 2.41. The summed E-state index contributed by atoms with van der Waals surface area (Å²) < 4.78 is 11.5. The number of carboxylic acid groups (broad SMARTS) is 1. The van der Waals surface area contributed by atoms with Gasteiger partial charge in [0.05, 0.1) is 7.11 Å². The van der Waals surface area contributed by atoms with E-state index in [0.29, 0.717) is 22.3 Å². The Morgan fingerprint density at radius 3 is 2.20 bits per heavy atom. The van der Waals surface area contributed by atoms with E-state index in [1.54, 1.807) is 7.11 Å². The molecule has 0 radical (unpaired) electrons. The van der Waals surface area contributed by atoms with Gasteiger partial charge in [-0.05, 0) is 49.1 Å². The summed E-state index contributed by atoms with van der Waals surface area (Å²) in [5, 5.41) is 20.3. The quantitative estimate of drug-likeness (QED) is 0.397. The number of methoxy groups -OCH3 is 1. The fraction of sp³-hybridized carbons (Fsp3) is 0.346. The first-order valence-electron chi connectivity index (χ1n) is 11.5. The van der Waals surface area contributed by atoms with Gasteiger partial charge in [-0.1, -0.05) is 31.2 Å². The van der Waals surface area contributed by atoms with Crippen LogP contribution in [0.4, 0.5) is 4.79 Å². The summed E-state index contributed by atoms with van der Waals surface area (Å²) in [5.74, 6) is 0.230. The van der Waals surface area contributed by atoms with Gasteiger partial charge in [-0.3, -0.25) is 10.0 Å². The lowest BCUT2D eigenvalue weighted by Gasteiger charge is -2.37. The lowest BCUT2D eigenvalue weighted by Crippen LogP contribution is -2.51. The molecule has 2 N–H and O–H groups in total. The summed E-state index contributed by atoms with van der Waals surface area (Å²) in [4.78, 5) is 30.9. The Hall–Kier alpha value is -3.85. The lowest BCUT2D eigenvalue weighted by molar-refractivity contribution is -0.147. The summed E-state index contributed by atoms with van der Waals surface area (Å²) in [5.41, 5.74) is 1.88. The van der Waals surface area contributed by atoms with Crippen molar-refractivity contribution in [1.29, 1.82) is 0 Å². The van der Waals surface area contributed by atoms with Gasteiger partial charge in [-0.2, -0.15) is 0 Å². The Bertz CT molecular complexity index is 1130. The van der Waals surface area contributed by atoms with Crippen LogP contribution in [0.25, 0.3) is 22.6 Å². The number of piperidine rings is 1. The molecule has 0 spiro atoms. The van der Waals surface area contributed by atoms with Gasteiger partial charge in [-0.25, -0.2) is 14.8 Å². The van der Waals surface area contributed by atoms with Crippen molar-refractivity contribution in [2.75, 3.05) is 27.2 Å². The molecule has 1 fully saturated rings. The molecule has 0 aliphatic carbocycles. The molecule has 9 heteroatoms. The van der Waals surface area contributed by atoms with Gasteiger partial charge < -0.3 is 19.2 Å². The minimum absolute atomic E-state index is 0.106. The van der Waals surface area contributed by atoms with Gasteiger partial charge in [0.15, 0.2) is 5.76 Å². The number of nitrogens with zero attached hydrogens (tertiary/aromatic N) is 3. The predicted molar refractivity (Wildman–Crippen MR) is 128 cm³/mol. The first-order chi connectivity index (χ1) is 16.8. The third kappa shape index (κ3) is 4.59. The maximum atomic E-state index is 12.6. The van der Waals surface area contributed by atoms with Gasteiger partial charge in [0.2, 0.25) is 5.89 Å². The van der Waals surface area contributed by atoms with Crippen LogP contribution in [0.2, 0.25) is 0 Å². The molecule has 35 heavy (non-hydrogen) atoms. The standard InChI is InChI=1S/C26H29N3O6/c1-4-17-5-7-19(8-6-17)22-21(18-9-11-20(34-3)12-10-18)27-23(35-22)26(24(30)31)13-15-29(16-14-26)25(32)28(2)33/h5-12,33H,4,13-16H2,1-3H3,(H,30,31). The third-order valence-corrected chi connectivity index (χ3v) is 6.60. The van der Waals surface area contributed by atoms with Crippen LogP contribution in [-0.2, 0) is 16.6 Å². The minimum Gasteiger partial charge on any atom is -0.497 e. The maximum absolute atomic E-state index is 12.6. The van der Waals surface area contributed by atoms with E-state index in [0.717, 1.165) is 17.5 Å². The first kappa shape index (κ1) is 24.3. The van der Waals surface area contributed by atoms with E-state index in [9.17, 15) is 19.9 Å². The van der Waals surface area contributed by atoms with Crippen molar-refractivity contribution >= 4 is 12.0 Å². The van der Waals surface area contributed by atoms with E-state index < -0.39 is 17.4 Å². The number of hydrogen-bond donors (Lipinski definition) is 2. The Labute approximate surface area is 203 Å². The largest absolute Gasteiger partial charge is 0.497 e. The highest BCUT2D eigenvalue weighted by Gasteiger charge is 2.49. The predicted octanol–water partition coefficient (Wildman–Crippen LogP) is 4.44. The van der Waals surface area contributed by atoms with Gasteiger partial charge in [-0.15, -0.1) is 0 Å². The van der Waals surface area contributed by atoms with Gasteiger partial charge in [0.25, 0.3) is 0 Å². The van der Waals surface area contributed by atoms with Crippen molar-refractivity contribution in [2.45, 2.75) is 31.6 Å². The van der Waals surface area contributed by atoms with Crippen LogP contribution in [0.15, 0.2) is 52.9 Å². The van der Waals surface area contributed by atoms with Crippen LogP contribution >= 0.6 is 0 Å². The molecule has 9 nitrogen and oxygen atoms in total. The van der Waals surface area contributed by atoms with Gasteiger partial charge in [0.1, 0.15) is 16.9 Å². The zero-order valence-corrected chi connectivity index (χ0v) is 20.0. The second kappa shape index (κ2) is 9.79. The number of carboxylic acids is 1. The lowest BCUT2D eigenvalue weighted by atomic mass is 9.78. The number of urea groups is 1. The molecule has 0 unspecified atom stereocenters. The molecule has 1 saturated heterocycles. The van der Waals surface area contributed by atoms with Crippen LogP contribution in [0.3, 0.4) is 0 Å². The zero-order chi connectivity index (χ0) is 25.2. The fourth-order valence-electron chi connectivity index (χ4n) is 4.36. The number of hydroxylamine groups is 2. The number of aromatic nitrogens is 1. The number of amides is 2. The minimum atomic E-state index is -1.40. The molecule has 0 atom stereocenters. The van der Waals surface area contributed by atoms with E-state index in [1.165, 1.54) is 17.5 Å². The second-order valence-electron chi connectivity index (χ2n) is 8.66. The number of rotatable bonds is 6. The molecule has 4 rings (SSSR count). The molecule has 2 amide bonds. The van der Waals surface area contributed by atoms with Gasteiger partial charge >= 0.3 is 12.0 Å². The van der Waals surface area contributed by atoms with Crippen LogP contribution in [0.5, 0.6) is 5.75 Å². The number of aryl methyl sites for hydroxylation is 1. The number of carbonyl (C=O) groups excluding carboxylic acids is 1. The molecule has 1 aliphatic rings. The summed E-state index contributed by atoms with van der Waals surface area (Å²) in [6.07, 6.45) is 1.12. The Balaban J connectivity index is 1.78. The highest BCUT2D eigenvalue weighted by molar-refractivity contribution is 5.83. The van der Waals surface area contributed by atoms with E-state index in [4.69, 9.17) is 14.1 Å². The van der Waals surface area contributed by atoms with Crippen LogP contribution in [-0.4, -0.2) is 64.5 Å². The average molecular weight is 480 g/mol. The van der Waals surface area contributed by atoms with E-state index in [1.807, 2.05) is 48.5 Å². The van der Waals surface area contributed by atoms with E-state index >= 15 is 0 Å². The number of benzene rings is 2. The first-order valence-corrected chi connectivity index (χ1v) is 11.5. The summed E-state index contributed by atoms with van der Waals surface area (Å²) in [7, 11) is 2.83. The molecule has 2 heterocycles. The van der Waals surface area contributed by atoms with Crippen molar-refractivity contribution in [2.24, 2.45) is 0 Å². The smallest absolute Gasteiger partial charge is 0.343 e. The summed E-state index contributed by atoms with van der Waals surface area (Å²) in [6.45, 7) is 2.38. The Kier molecular flexibility index (Phi) is 6.79. The van der Waals surface area contributed by atoms with E-state index in [2.05, 4.69) is 6.92 Å². The van der Waals surface area contributed by atoms with Crippen LogP contribution in [0, 0.1) is 0 Å². The molecule has 1 aromatic heterocycles. The average Bonchev–Trinajstić information content (AvgIpc) is 3.34. The number of carbonyl (C=O) groups is 2. The number of ether oxygens (including phenoxy) is 1. The van der Waals surface area contributed by atoms with Crippen molar-refractivity contribution in [3.8, 4) is 28.3 Å². The monoisotopic (exact) mass is 479 g/mol. The summed E-state index contributed by atoms with van der Waals surface area (Å²) >= 11 is 0.